The SMILES string of the molecule is O=C(CCN1CCS(=O)(=O)CC1)OCC12CC3CC(CC(O)(C3)C1)C2. The first kappa shape index (κ1) is 17.7. The minimum atomic E-state index is -2.88. The fraction of sp³-hybridized carbons (Fsp3) is 0.944. The number of nitrogens with zero attached hydrogens (tertiary/aromatic N) is 1. The van der Waals surface area contributed by atoms with Gasteiger partial charge < -0.3 is 14.7 Å². The van der Waals surface area contributed by atoms with Crippen molar-refractivity contribution >= 4 is 15.8 Å². The number of esters is 1. The summed E-state index contributed by atoms with van der Waals surface area (Å²) in [4.78, 5) is 14.2. The molecule has 0 spiro atoms. The summed E-state index contributed by atoms with van der Waals surface area (Å²) in [5.74, 6) is 1.37. The summed E-state index contributed by atoms with van der Waals surface area (Å²) in [6.45, 7) is 2.03. The summed E-state index contributed by atoms with van der Waals surface area (Å²) in [5.41, 5.74) is -0.524. The predicted octanol–water partition coefficient (Wildman–Crippen LogP) is 0.981. The Morgan fingerprint density at radius 2 is 1.76 bits per heavy atom. The van der Waals surface area contributed by atoms with E-state index in [-0.39, 0.29) is 22.9 Å². The van der Waals surface area contributed by atoms with Gasteiger partial charge in [0.25, 0.3) is 0 Å². The van der Waals surface area contributed by atoms with Crippen molar-refractivity contribution < 1.29 is 23.1 Å². The number of sulfone groups is 1. The van der Waals surface area contributed by atoms with E-state index in [2.05, 4.69) is 0 Å². The molecule has 0 aromatic heterocycles. The Kier molecular flexibility index (Phi) is 4.40. The zero-order chi connectivity index (χ0) is 17.7. The number of rotatable bonds is 5. The summed E-state index contributed by atoms with van der Waals surface area (Å²) in [7, 11) is -2.88. The average Bonchev–Trinajstić information content (AvgIpc) is 2.49. The Morgan fingerprint density at radius 3 is 2.36 bits per heavy atom. The van der Waals surface area contributed by atoms with Crippen molar-refractivity contribution in [2.24, 2.45) is 17.3 Å². The highest BCUT2D eigenvalue weighted by Crippen LogP contribution is 2.61. The molecule has 4 saturated carbocycles. The van der Waals surface area contributed by atoms with Crippen LogP contribution in [0.25, 0.3) is 0 Å². The number of carbonyl (C=O) groups is 1. The van der Waals surface area contributed by atoms with Gasteiger partial charge in [0.05, 0.1) is 30.1 Å². The predicted molar refractivity (Wildman–Crippen MR) is 92.7 cm³/mol. The van der Waals surface area contributed by atoms with Crippen LogP contribution in [-0.4, -0.2) is 67.7 Å². The second kappa shape index (κ2) is 6.20. The monoisotopic (exact) mass is 371 g/mol. The minimum Gasteiger partial charge on any atom is -0.465 e. The lowest BCUT2D eigenvalue weighted by molar-refractivity contribution is -0.186. The highest BCUT2D eigenvalue weighted by Gasteiger charge is 2.57. The van der Waals surface area contributed by atoms with Gasteiger partial charge in [-0.15, -0.1) is 0 Å². The van der Waals surface area contributed by atoms with Crippen LogP contribution in [0.3, 0.4) is 0 Å². The van der Waals surface area contributed by atoms with Crippen LogP contribution < -0.4 is 0 Å². The molecule has 1 saturated heterocycles. The number of hydrogen-bond acceptors (Lipinski definition) is 6. The van der Waals surface area contributed by atoms with Crippen LogP contribution >= 0.6 is 0 Å². The summed E-state index contributed by atoms with van der Waals surface area (Å²) < 4.78 is 28.5. The zero-order valence-corrected chi connectivity index (χ0v) is 15.6. The summed E-state index contributed by atoms with van der Waals surface area (Å²) in [5, 5.41) is 10.8. The van der Waals surface area contributed by atoms with Gasteiger partial charge in [0.2, 0.25) is 0 Å². The molecule has 1 aliphatic heterocycles. The average molecular weight is 371 g/mol. The fourth-order valence-electron chi connectivity index (χ4n) is 6.10. The number of aliphatic hydroxyl groups is 1. The highest BCUT2D eigenvalue weighted by atomic mass is 32.2. The Labute approximate surface area is 149 Å². The van der Waals surface area contributed by atoms with E-state index >= 15 is 0 Å². The third kappa shape index (κ3) is 3.88. The number of hydrogen-bond donors (Lipinski definition) is 1. The molecular formula is C18H29NO5S. The molecule has 7 heteroatoms. The topological polar surface area (TPSA) is 83.9 Å². The lowest BCUT2D eigenvalue weighted by Crippen LogP contribution is -2.57. The molecule has 2 atom stereocenters. The molecule has 142 valence electrons. The standard InChI is InChI=1S/C18H29NO5S/c20-16(1-2-19-3-5-25(22,23)6-4-19)24-13-17-8-14-7-15(9-17)11-18(21,10-14)12-17/h14-15,21H,1-13H2. The maximum atomic E-state index is 12.2. The van der Waals surface area contributed by atoms with Crippen LogP contribution in [0.4, 0.5) is 0 Å². The van der Waals surface area contributed by atoms with E-state index in [1.165, 1.54) is 6.42 Å². The van der Waals surface area contributed by atoms with Gasteiger partial charge >= 0.3 is 5.97 Å². The minimum absolute atomic E-state index is 0.00625. The van der Waals surface area contributed by atoms with Gasteiger partial charge in [-0.05, 0) is 50.4 Å². The first-order valence-electron chi connectivity index (χ1n) is 9.56. The lowest BCUT2D eigenvalue weighted by Gasteiger charge is -2.59. The lowest BCUT2D eigenvalue weighted by atomic mass is 9.48. The highest BCUT2D eigenvalue weighted by molar-refractivity contribution is 7.91. The fourth-order valence-corrected chi connectivity index (χ4v) is 7.38. The van der Waals surface area contributed by atoms with Crippen LogP contribution in [0.5, 0.6) is 0 Å². The smallest absolute Gasteiger partial charge is 0.307 e. The molecule has 4 aliphatic carbocycles. The van der Waals surface area contributed by atoms with Gasteiger partial charge in [-0.3, -0.25) is 4.79 Å². The van der Waals surface area contributed by atoms with Crippen molar-refractivity contribution in [3.05, 3.63) is 0 Å². The molecule has 0 aromatic carbocycles. The first-order valence-corrected chi connectivity index (χ1v) is 11.4. The molecule has 5 fully saturated rings. The molecule has 1 N–H and O–H groups in total. The van der Waals surface area contributed by atoms with E-state index in [0.717, 1.165) is 32.1 Å². The van der Waals surface area contributed by atoms with Crippen molar-refractivity contribution in [2.45, 2.75) is 50.5 Å². The van der Waals surface area contributed by atoms with Crippen LogP contribution in [0.15, 0.2) is 0 Å². The second-order valence-corrected chi connectivity index (χ2v) is 11.4. The maximum Gasteiger partial charge on any atom is 0.307 e. The molecule has 1 heterocycles. The summed E-state index contributed by atoms with van der Waals surface area (Å²) >= 11 is 0. The Balaban J connectivity index is 1.24. The molecule has 2 unspecified atom stereocenters. The van der Waals surface area contributed by atoms with E-state index in [0.29, 0.717) is 44.5 Å². The third-order valence-corrected chi connectivity index (χ3v) is 8.37. The molecule has 0 aromatic rings. The zero-order valence-electron chi connectivity index (χ0n) is 14.8. The third-order valence-electron chi connectivity index (χ3n) is 6.76. The van der Waals surface area contributed by atoms with E-state index in [9.17, 15) is 18.3 Å². The molecule has 5 rings (SSSR count). The Bertz CT molecular complexity index is 618. The molecule has 0 amide bonds. The van der Waals surface area contributed by atoms with Crippen LogP contribution in [0, 0.1) is 17.3 Å². The molecule has 5 aliphatic rings. The largest absolute Gasteiger partial charge is 0.465 e. The van der Waals surface area contributed by atoms with Crippen LogP contribution in [-0.2, 0) is 19.4 Å². The van der Waals surface area contributed by atoms with E-state index < -0.39 is 15.4 Å². The maximum absolute atomic E-state index is 12.2. The molecule has 25 heavy (non-hydrogen) atoms. The van der Waals surface area contributed by atoms with Gasteiger partial charge in [-0.25, -0.2) is 8.42 Å². The van der Waals surface area contributed by atoms with Gasteiger partial charge in [0, 0.05) is 25.0 Å². The Hall–Kier alpha value is -0.660. The van der Waals surface area contributed by atoms with E-state index in [1.54, 1.807) is 0 Å². The molecular weight excluding hydrogens is 342 g/mol. The van der Waals surface area contributed by atoms with Crippen molar-refractivity contribution in [3.8, 4) is 0 Å². The quantitative estimate of drug-likeness (QED) is 0.726. The first-order chi connectivity index (χ1) is 11.8. The number of ether oxygens (including phenoxy) is 1. The van der Waals surface area contributed by atoms with Gasteiger partial charge in [-0.2, -0.15) is 0 Å². The summed E-state index contributed by atoms with van der Waals surface area (Å²) in [6, 6.07) is 0. The second-order valence-electron chi connectivity index (χ2n) is 9.09. The molecule has 0 radical (unpaired) electrons. The van der Waals surface area contributed by atoms with Gasteiger partial charge in [-0.1, -0.05) is 0 Å². The van der Waals surface area contributed by atoms with Gasteiger partial charge in [0.15, 0.2) is 9.84 Å². The molecule has 6 nitrogen and oxygen atoms in total. The van der Waals surface area contributed by atoms with E-state index in [4.69, 9.17) is 4.74 Å². The normalized spacial score (nSPS) is 42.4. The van der Waals surface area contributed by atoms with Crippen molar-refractivity contribution in [3.63, 3.8) is 0 Å². The summed E-state index contributed by atoms with van der Waals surface area (Å²) in [6.07, 6.45) is 6.35. The van der Waals surface area contributed by atoms with Gasteiger partial charge in [0.1, 0.15) is 0 Å². The van der Waals surface area contributed by atoms with Crippen molar-refractivity contribution in [1.29, 1.82) is 0 Å². The van der Waals surface area contributed by atoms with Crippen LogP contribution in [0.2, 0.25) is 0 Å². The van der Waals surface area contributed by atoms with Crippen LogP contribution in [0.1, 0.15) is 44.9 Å². The number of carbonyl (C=O) groups excluding carboxylic acids is 1. The van der Waals surface area contributed by atoms with E-state index in [1.807, 2.05) is 4.90 Å². The molecule has 4 bridgehead atoms. The Morgan fingerprint density at radius 1 is 1.12 bits per heavy atom. The van der Waals surface area contributed by atoms with Crippen molar-refractivity contribution in [2.75, 3.05) is 37.7 Å². The van der Waals surface area contributed by atoms with Crippen molar-refractivity contribution in [1.82, 2.24) is 4.90 Å².